The molecule has 1 N–H and O–H groups in total. The SMILES string of the molecule is Cc1ccc(SCc2nnc(SCC(=O)Nc3ccc4c(c3)OCCO4)n2-c2ccccc2)cc1. The van der Waals surface area contributed by atoms with Crippen LogP contribution < -0.4 is 14.8 Å². The molecule has 1 aliphatic rings. The minimum atomic E-state index is -0.134. The number of ether oxygens (including phenoxy) is 2. The predicted octanol–water partition coefficient (Wildman–Crippen LogP) is 5.37. The molecule has 0 aliphatic carbocycles. The Balaban J connectivity index is 1.28. The molecule has 2 heterocycles. The van der Waals surface area contributed by atoms with Gasteiger partial charge >= 0.3 is 0 Å². The first-order chi connectivity index (χ1) is 17.2. The lowest BCUT2D eigenvalue weighted by Gasteiger charge is -2.19. The van der Waals surface area contributed by atoms with Gasteiger partial charge in [0.1, 0.15) is 19.0 Å². The number of carbonyl (C=O) groups is 1. The second-order valence-corrected chi connectivity index (χ2v) is 9.86. The fraction of sp³-hybridized carbons (Fsp3) is 0.192. The monoisotopic (exact) mass is 504 g/mol. The number of aromatic nitrogens is 3. The number of hydrogen-bond donors (Lipinski definition) is 1. The summed E-state index contributed by atoms with van der Waals surface area (Å²) in [5.74, 6) is 2.89. The summed E-state index contributed by atoms with van der Waals surface area (Å²) in [6, 6.07) is 23.8. The summed E-state index contributed by atoms with van der Waals surface area (Å²) in [7, 11) is 0. The number of carbonyl (C=O) groups excluding carboxylic acids is 1. The number of benzene rings is 3. The molecular weight excluding hydrogens is 480 g/mol. The lowest BCUT2D eigenvalue weighted by molar-refractivity contribution is -0.113. The Morgan fingerprint density at radius 2 is 1.71 bits per heavy atom. The third kappa shape index (κ3) is 5.80. The lowest BCUT2D eigenvalue weighted by atomic mass is 10.2. The Labute approximate surface area is 212 Å². The number of para-hydroxylation sites is 1. The van der Waals surface area contributed by atoms with Gasteiger partial charge in [0.05, 0.1) is 11.5 Å². The van der Waals surface area contributed by atoms with Crippen molar-refractivity contribution in [3.63, 3.8) is 0 Å². The molecule has 1 amide bonds. The standard InChI is InChI=1S/C26H24N4O3S2/c1-18-7-10-21(11-8-18)34-16-24-28-29-26(30(24)20-5-3-2-4-6-20)35-17-25(31)27-19-9-12-22-23(15-19)33-14-13-32-22/h2-12,15H,13-14,16-17H2,1H3,(H,27,31). The molecule has 4 aromatic rings. The van der Waals surface area contributed by atoms with Crippen LogP contribution in [0.1, 0.15) is 11.4 Å². The number of thioether (sulfide) groups is 2. The molecule has 9 heteroatoms. The molecule has 0 bridgehead atoms. The third-order valence-electron chi connectivity index (χ3n) is 5.26. The largest absolute Gasteiger partial charge is 0.486 e. The number of anilines is 1. The fourth-order valence-corrected chi connectivity index (χ4v) is 5.14. The molecule has 0 atom stereocenters. The van der Waals surface area contributed by atoms with Crippen molar-refractivity contribution in [2.45, 2.75) is 22.7 Å². The van der Waals surface area contributed by atoms with Gasteiger partial charge in [-0.2, -0.15) is 0 Å². The fourth-order valence-electron chi connectivity index (χ4n) is 3.55. The first-order valence-corrected chi connectivity index (χ1v) is 13.1. The Bertz CT molecular complexity index is 1310. The molecule has 0 saturated heterocycles. The van der Waals surface area contributed by atoms with E-state index in [-0.39, 0.29) is 11.7 Å². The Kier molecular flexibility index (Phi) is 7.25. The number of nitrogens with zero attached hydrogens (tertiary/aromatic N) is 3. The van der Waals surface area contributed by atoms with Crippen molar-refractivity contribution in [2.75, 3.05) is 24.3 Å². The predicted molar refractivity (Wildman–Crippen MR) is 139 cm³/mol. The molecule has 35 heavy (non-hydrogen) atoms. The number of hydrogen-bond acceptors (Lipinski definition) is 7. The van der Waals surface area contributed by atoms with Crippen molar-refractivity contribution in [2.24, 2.45) is 0 Å². The summed E-state index contributed by atoms with van der Waals surface area (Å²) < 4.78 is 13.2. The summed E-state index contributed by atoms with van der Waals surface area (Å²) in [6.45, 7) is 3.11. The van der Waals surface area contributed by atoms with Crippen LogP contribution in [0.15, 0.2) is 82.8 Å². The van der Waals surface area contributed by atoms with Crippen LogP contribution in [0.3, 0.4) is 0 Å². The van der Waals surface area contributed by atoms with Gasteiger partial charge in [0.2, 0.25) is 5.91 Å². The number of amides is 1. The van der Waals surface area contributed by atoms with Crippen LogP contribution in [0, 0.1) is 6.92 Å². The topological polar surface area (TPSA) is 78.3 Å². The van der Waals surface area contributed by atoms with Crippen molar-refractivity contribution in [1.29, 1.82) is 0 Å². The zero-order valence-electron chi connectivity index (χ0n) is 19.1. The van der Waals surface area contributed by atoms with E-state index in [9.17, 15) is 4.79 Å². The molecule has 0 fully saturated rings. The summed E-state index contributed by atoms with van der Waals surface area (Å²) in [5, 5.41) is 12.4. The highest BCUT2D eigenvalue weighted by molar-refractivity contribution is 7.99. The maximum atomic E-state index is 12.7. The van der Waals surface area contributed by atoms with Gasteiger partial charge in [0.15, 0.2) is 16.7 Å². The van der Waals surface area contributed by atoms with Crippen LogP contribution in [0.4, 0.5) is 5.69 Å². The molecule has 0 spiro atoms. The average molecular weight is 505 g/mol. The van der Waals surface area contributed by atoms with Crippen LogP contribution in [0.5, 0.6) is 11.5 Å². The molecule has 3 aromatic carbocycles. The van der Waals surface area contributed by atoms with Gasteiger partial charge in [-0.1, -0.05) is 47.7 Å². The highest BCUT2D eigenvalue weighted by atomic mass is 32.2. The molecule has 7 nitrogen and oxygen atoms in total. The van der Waals surface area contributed by atoms with E-state index in [4.69, 9.17) is 9.47 Å². The van der Waals surface area contributed by atoms with E-state index in [0.29, 0.717) is 41.3 Å². The second-order valence-electron chi connectivity index (χ2n) is 7.87. The van der Waals surface area contributed by atoms with Gasteiger partial charge in [0.25, 0.3) is 0 Å². The zero-order chi connectivity index (χ0) is 24.0. The molecule has 178 valence electrons. The van der Waals surface area contributed by atoms with Gasteiger partial charge in [-0.05, 0) is 43.3 Å². The Morgan fingerprint density at radius 3 is 2.51 bits per heavy atom. The minimum Gasteiger partial charge on any atom is -0.486 e. The summed E-state index contributed by atoms with van der Waals surface area (Å²) in [6.07, 6.45) is 0. The first kappa shape index (κ1) is 23.3. The van der Waals surface area contributed by atoms with E-state index in [1.54, 1.807) is 23.9 Å². The van der Waals surface area contributed by atoms with Gasteiger partial charge in [0, 0.05) is 22.3 Å². The van der Waals surface area contributed by atoms with E-state index in [2.05, 4.69) is 46.7 Å². The Morgan fingerprint density at radius 1 is 0.943 bits per heavy atom. The molecule has 5 rings (SSSR count). The third-order valence-corrected chi connectivity index (χ3v) is 7.20. The lowest BCUT2D eigenvalue weighted by Crippen LogP contribution is -2.17. The molecular formula is C26H24N4O3S2. The van der Waals surface area contributed by atoms with Crippen LogP contribution >= 0.6 is 23.5 Å². The molecule has 0 unspecified atom stereocenters. The van der Waals surface area contributed by atoms with Crippen molar-refractivity contribution in [3.05, 3.63) is 84.2 Å². The summed E-state index contributed by atoms with van der Waals surface area (Å²) in [4.78, 5) is 13.9. The van der Waals surface area contributed by atoms with Crippen molar-refractivity contribution in [3.8, 4) is 17.2 Å². The van der Waals surface area contributed by atoms with Crippen molar-refractivity contribution < 1.29 is 14.3 Å². The number of nitrogens with one attached hydrogen (secondary N) is 1. The van der Waals surface area contributed by atoms with Gasteiger partial charge < -0.3 is 14.8 Å². The van der Waals surface area contributed by atoms with E-state index < -0.39 is 0 Å². The van der Waals surface area contributed by atoms with Gasteiger partial charge in [-0.25, -0.2) is 0 Å². The van der Waals surface area contributed by atoms with E-state index in [1.807, 2.05) is 41.0 Å². The van der Waals surface area contributed by atoms with Crippen LogP contribution in [0.25, 0.3) is 5.69 Å². The maximum Gasteiger partial charge on any atom is 0.234 e. The number of fused-ring (bicyclic) bond motifs is 1. The van der Waals surface area contributed by atoms with Crippen LogP contribution in [0.2, 0.25) is 0 Å². The van der Waals surface area contributed by atoms with E-state index in [1.165, 1.54) is 22.2 Å². The zero-order valence-corrected chi connectivity index (χ0v) is 20.8. The quantitative estimate of drug-likeness (QED) is 0.323. The summed E-state index contributed by atoms with van der Waals surface area (Å²) in [5.41, 5.74) is 2.86. The number of rotatable bonds is 8. The normalized spacial score (nSPS) is 12.4. The van der Waals surface area contributed by atoms with Crippen molar-refractivity contribution >= 4 is 35.1 Å². The molecule has 0 saturated carbocycles. The van der Waals surface area contributed by atoms with Gasteiger partial charge in [-0.15, -0.1) is 22.0 Å². The van der Waals surface area contributed by atoms with E-state index >= 15 is 0 Å². The molecule has 1 aliphatic heterocycles. The number of aryl methyl sites for hydroxylation is 1. The van der Waals surface area contributed by atoms with Crippen LogP contribution in [-0.2, 0) is 10.5 Å². The molecule has 1 aromatic heterocycles. The second kappa shape index (κ2) is 10.9. The first-order valence-electron chi connectivity index (χ1n) is 11.2. The van der Waals surface area contributed by atoms with E-state index in [0.717, 1.165) is 11.5 Å². The maximum absolute atomic E-state index is 12.7. The van der Waals surface area contributed by atoms with Crippen LogP contribution in [-0.4, -0.2) is 39.6 Å². The average Bonchev–Trinajstić information content (AvgIpc) is 3.30. The Hall–Kier alpha value is -3.43. The smallest absolute Gasteiger partial charge is 0.234 e. The van der Waals surface area contributed by atoms with Crippen molar-refractivity contribution in [1.82, 2.24) is 14.8 Å². The summed E-state index contributed by atoms with van der Waals surface area (Å²) >= 11 is 3.06. The minimum absolute atomic E-state index is 0.134. The molecule has 0 radical (unpaired) electrons. The van der Waals surface area contributed by atoms with Gasteiger partial charge in [-0.3, -0.25) is 9.36 Å². The highest BCUT2D eigenvalue weighted by Crippen LogP contribution is 2.33. The highest BCUT2D eigenvalue weighted by Gasteiger charge is 2.17.